The van der Waals surface area contributed by atoms with Crippen LogP contribution in [0.1, 0.15) is 22.8 Å². The van der Waals surface area contributed by atoms with Crippen LogP contribution in [0.4, 0.5) is 13.2 Å². The highest BCUT2D eigenvalue weighted by Gasteiger charge is 2.36. The van der Waals surface area contributed by atoms with Crippen LogP contribution in [0, 0.1) is 0 Å². The number of aromatic nitrogens is 2. The average molecular weight is 431 g/mol. The van der Waals surface area contributed by atoms with Crippen molar-refractivity contribution in [3.63, 3.8) is 0 Å². The molecule has 2 aromatic heterocycles. The van der Waals surface area contributed by atoms with Crippen molar-refractivity contribution in [2.45, 2.75) is 12.3 Å². The van der Waals surface area contributed by atoms with Gasteiger partial charge in [0.05, 0.1) is 11.1 Å². The maximum Gasteiger partial charge on any atom is 0.417 e. The van der Waals surface area contributed by atoms with Gasteiger partial charge in [-0.05, 0) is 24.3 Å². The number of aliphatic hydroxyl groups is 1. The lowest BCUT2D eigenvalue weighted by Crippen LogP contribution is -2.08. The van der Waals surface area contributed by atoms with Gasteiger partial charge >= 0.3 is 6.18 Å². The zero-order chi connectivity index (χ0) is 21.3. The summed E-state index contributed by atoms with van der Waals surface area (Å²) in [4.78, 5) is 3.98. The molecule has 0 saturated carbocycles. The summed E-state index contributed by atoms with van der Waals surface area (Å²) < 4.78 is 46.2. The van der Waals surface area contributed by atoms with Crippen LogP contribution in [-0.4, -0.2) is 15.2 Å². The Bertz CT molecular complexity index is 1160. The van der Waals surface area contributed by atoms with E-state index in [9.17, 15) is 18.3 Å². The van der Waals surface area contributed by atoms with E-state index in [0.29, 0.717) is 16.1 Å². The van der Waals surface area contributed by atoms with E-state index in [1.54, 1.807) is 36.4 Å². The molecule has 4 aromatic rings. The highest BCUT2D eigenvalue weighted by Crippen LogP contribution is 2.43. The predicted octanol–water partition coefficient (Wildman–Crippen LogP) is 6.16. The molecule has 1 unspecified atom stereocenters. The molecule has 0 radical (unpaired) electrons. The second kappa shape index (κ2) is 7.93. The van der Waals surface area contributed by atoms with Gasteiger partial charge in [-0.15, -0.1) is 0 Å². The Kier molecular flexibility index (Phi) is 5.32. The average Bonchev–Trinajstić information content (AvgIpc) is 3.18. The van der Waals surface area contributed by atoms with Crippen molar-refractivity contribution in [3.05, 3.63) is 94.8 Å². The summed E-state index contributed by atoms with van der Waals surface area (Å²) in [5.74, 6) is -0.163. The second-order valence-electron chi connectivity index (χ2n) is 6.51. The number of benzene rings is 2. The lowest BCUT2D eigenvalue weighted by molar-refractivity contribution is -0.137. The Morgan fingerprint density at radius 1 is 0.967 bits per heavy atom. The molecule has 0 saturated heterocycles. The lowest BCUT2D eigenvalue weighted by atomic mass is 9.93. The van der Waals surface area contributed by atoms with Gasteiger partial charge in [-0.3, -0.25) is 4.98 Å². The number of aliphatic hydroxyl groups excluding tert-OH is 1. The summed E-state index contributed by atoms with van der Waals surface area (Å²) in [5, 5.41) is 15.5. The Morgan fingerprint density at radius 3 is 2.37 bits per heavy atom. The number of alkyl halides is 3. The van der Waals surface area contributed by atoms with Crippen LogP contribution >= 0.6 is 11.6 Å². The Labute approximate surface area is 174 Å². The summed E-state index contributed by atoms with van der Waals surface area (Å²) in [6.07, 6.45) is -2.96. The van der Waals surface area contributed by atoms with E-state index < -0.39 is 17.8 Å². The summed E-state index contributed by atoms with van der Waals surface area (Å²) in [6, 6.07) is 14.8. The van der Waals surface area contributed by atoms with Crippen molar-refractivity contribution in [2.24, 2.45) is 0 Å². The first-order valence-electron chi connectivity index (χ1n) is 8.86. The number of pyridine rings is 1. The van der Waals surface area contributed by atoms with E-state index in [4.69, 9.17) is 16.1 Å². The van der Waals surface area contributed by atoms with Crippen LogP contribution < -0.4 is 0 Å². The smallest absolute Gasteiger partial charge is 0.383 e. The van der Waals surface area contributed by atoms with Gasteiger partial charge in [0.15, 0.2) is 5.76 Å². The highest BCUT2D eigenvalue weighted by molar-refractivity contribution is 6.30. The highest BCUT2D eigenvalue weighted by atomic mass is 35.5. The third kappa shape index (κ3) is 3.81. The van der Waals surface area contributed by atoms with E-state index >= 15 is 0 Å². The van der Waals surface area contributed by atoms with Gasteiger partial charge in [-0.1, -0.05) is 53.2 Å². The number of hydrogen-bond donors (Lipinski definition) is 1. The molecule has 152 valence electrons. The number of halogens is 4. The minimum atomic E-state index is -4.61. The standard InChI is InChI=1S/C22H14ClF3N2O2/c23-15-9-7-13(8-10-15)19-18(20(29)14-4-3-11-27-12-14)21(30-28-19)16-5-1-2-6-17(16)22(24,25)26/h1-12,20,29H. The normalized spacial score (nSPS) is 12.7. The van der Waals surface area contributed by atoms with Gasteiger partial charge in [0.2, 0.25) is 0 Å². The van der Waals surface area contributed by atoms with E-state index in [-0.39, 0.29) is 22.6 Å². The Balaban J connectivity index is 1.96. The molecule has 0 fully saturated rings. The minimum absolute atomic E-state index is 0.113. The van der Waals surface area contributed by atoms with Crippen LogP contribution in [-0.2, 0) is 6.18 Å². The molecule has 2 heterocycles. The van der Waals surface area contributed by atoms with Gasteiger partial charge in [-0.2, -0.15) is 13.2 Å². The molecule has 1 atom stereocenters. The molecule has 0 amide bonds. The van der Waals surface area contributed by atoms with E-state index in [1.807, 2.05) is 0 Å². The quantitative estimate of drug-likeness (QED) is 0.421. The molecular weight excluding hydrogens is 417 g/mol. The van der Waals surface area contributed by atoms with Crippen LogP contribution in [0.2, 0.25) is 5.02 Å². The third-order valence-corrected chi connectivity index (χ3v) is 4.85. The van der Waals surface area contributed by atoms with Crippen molar-refractivity contribution in [1.82, 2.24) is 10.1 Å². The molecule has 0 spiro atoms. The molecular formula is C22H14ClF3N2O2. The van der Waals surface area contributed by atoms with Gasteiger partial charge in [0.25, 0.3) is 0 Å². The van der Waals surface area contributed by atoms with Crippen LogP contribution in [0.25, 0.3) is 22.6 Å². The predicted molar refractivity (Wildman–Crippen MR) is 106 cm³/mol. The molecule has 4 nitrogen and oxygen atoms in total. The third-order valence-electron chi connectivity index (χ3n) is 4.60. The maximum atomic E-state index is 13.6. The molecule has 4 rings (SSSR count). The Morgan fingerprint density at radius 2 is 1.70 bits per heavy atom. The molecule has 8 heteroatoms. The topological polar surface area (TPSA) is 59.2 Å². The summed E-state index contributed by atoms with van der Waals surface area (Å²) in [6.45, 7) is 0. The minimum Gasteiger partial charge on any atom is -0.383 e. The maximum absolute atomic E-state index is 13.6. The SMILES string of the molecule is OC(c1cccnc1)c1c(-c2ccc(Cl)cc2)noc1-c1ccccc1C(F)(F)F. The number of hydrogen-bond acceptors (Lipinski definition) is 4. The van der Waals surface area contributed by atoms with Crippen LogP contribution in [0.5, 0.6) is 0 Å². The largest absolute Gasteiger partial charge is 0.417 e. The van der Waals surface area contributed by atoms with E-state index in [1.165, 1.54) is 30.6 Å². The van der Waals surface area contributed by atoms with Crippen LogP contribution in [0.3, 0.4) is 0 Å². The molecule has 0 aliphatic rings. The molecule has 2 aromatic carbocycles. The number of nitrogens with zero attached hydrogens (tertiary/aromatic N) is 2. The van der Waals surface area contributed by atoms with Crippen molar-refractivity contribution in [3.8, 4) is 22.6 Å². The van der Waals surface area contributed by atoms with Gasteiger partial charge in [0, 0.05) is 34.1 Å². The van der Waals surface area contributed by atoms with E-state index in [2.05, 4.69) is 10.1 Å². The summed E-state index contributed by atoms with van der Waals surface area (Å²) >= 11 is 5.94. The summed E-state index contributed by atoms with van der Waals surface area (Å²) in [5.41, 5.74) is 0.162. The van der Waals surface area contributed by atoms with E-state index in [0.717, 1.165) is 6.07 Å². The Hall–Kier alpha value is -3.16. The zero-order valence-electron chi connectivity index (χ0n) is 15.3. The number of rotatable bonds is 4. The molecule has 30 heavy (non-hydrogen) atoms. The lowest BCUT2D eigenvalue weighted by Gasteiger charge is -2.15. The first-order chi connectivity index (χ1) is 14.4. The molecule has 0 aliphatic carbocycles. The fourth-order valence-corrected chi connectivity index (χ4v) is 3.32. The van der Waals surface area contributed by atoms with Gasteiger partial charge < -0.3 is 9.63 Å². The first kappa shape index (κ1) is 20.1. The van der Waals surface area contributed by atoms with Gasteiger partial charge in [-0.25, -0.2) is 0 Å². The monoisotopic (exact) mass is 430 g/mol. The van der Waals surface area contributed by atoms with Gasteiger partial charge in [0.1, 0.15) is 11.8 Å². The molecule has 0 bridgehead atoms. The second-order valence-corrected chi connectivity index (χ2v) is 6.95. The van der Waals surface area contributed by atoms with Crippen molar-refractivity contribution >= 4 is 11.6 Å². The van der Waals surface area contributed by atoms with Crippen molar-refractivity contribution in [2.75, 3.05) is 0 Å². The van der Waals surface area contributed by atoms with Crippen molar-refractivity contribution in [1.29, 1.82) is 0 Å². The zero-order valence-corrected chi connectivity index (χ0v) is 16.0. The fraction of sp³-hybridized carbons (Fsp3) is 0.0909. The fourth-order valence-electron chi connectivity index (χ4n) is 3.19. The molecule has 0 aliphatic heterocycles. The van der Waals surface area contributed by atoms with Crippen LogP contribution in [0.15, 0.2) is 77.6 Å². The first-order valence-corrected chi connectivity index (χ1v) is 9.24. The van der Waals surface area contributed by atoms with Crippen molar-refractivity contribution < 1.29 is 22.8 Å². The molecule has 1 N–H and O–H groups in total. The summed E-state index contributed by atoms with van der Waals surface area (Å²) in [7, 11) is 0.